The Morgan fingerprint density at radius 1 is 1.69 bits per heavy atom. The van der Waals surface area contributed by atoms with E-state index in [2.05, 4.69) is 23.0 Å². The summed E-state index contributed by atoms with van der Waals surface area (Å²) >= 11 is 0. The molecule has 1 aromatic rings. The number of nitrogens with two attached hydrogens (primary N) is 1. The van der Waals surface area contributed by atoms with Crippen molar-refractivity contribution in [3.63, 3.8) is 0 Å². The van der Waals surface area contributed by atoms with E-state index >= 15 is 0 Å². The summed E-state index contributed by atoms with van der Waals surface area (Å²) in [7, 11) is 1.98. The molecule has 1 saturated heterocycles. The van der Waals surface area contributed by atoms with Crippen molar-refractivity contribution in [1.29, 1.82) is 0 Å². The molecule has 2 N–H and O–H groups in total. The number of hydrogen-bond acceptors (Lipinski definition) is 4. The van der Waals surface area contributed by atoms with Crippen LogP contribution in [0, 0.1) is 0 Å². The number of aromatic nitrogens is 2. The lowest BCUT2D eigenvalue weighted by Crippen LogP contribution is -2.46. The summed E-state index contributed by atoms with van der Waals surface area (Å²) in [5, 5.41) is 4.21. The minimum Gasteiger partial charge on any atom is -0.374 e. The first-order chi connectivity index (χ1) is 7.72. The van der Waals surface area contributed by atoms with Gasteiger partial charge in [0.1, 0.15) is 0 Å². The molecule has 5 heteroatoms. The zero-order valence-electron chi connectivity index (χ0n) is 9.97. The number of rotatable bonds is 3. The Hall–Kier alpha value is -0.910. The maximum Gasteiger partial charge on any atom is 0.0824 e. The van der Waals surface area contributed by atoms with Gasteiger partial charge in [0.05, 0.1) is 18.4 Å². The highest BCUT2D eigenvalue weighted by molar-refractivity contribution is 5.06. The van der Waals surface area contributed by atoms with Gasteiger partial charge in [0, 0.05) is 38.9 Å². The van der Waals surface area contributed by atoms with Crippen molar-refractivity contribution in [2.45, 2.75) is 19.1 Å². The van der Waals surface area contributed by atoms with Crippen LogP contribution in [0.1, 0.15) is 18.7 Å². The SMILES string of the molecule is CC(c1ccnn1C)N1CCOC(CN)C1. The van der Waals surface area contributed by atoms with Gasteiger partial charge >= 0.3 is 0 Å². The monoisotopic (exact) mass is 224 g/mol. The molecule has 2 atom stereocenters. The first kappa shape index (κ1) is 11.6. The Labute approximate surface area is 96.2 Å². The molecule has 0 saturated carbocycles. The fourth-order valence-electron chi connectivity index (χ4n) is 2.22. The number of hydrogen-bond donors (Lipinski definition) is 1. The minimum absolute atomic E-state index is 0.171. The molecule has 1 fully saturated rings. The Morgan fingerprint density at radius 3 is 3.12 bits per heavy atom. The minimum atomic E-state index is 0.171. The van der Waals surface area contributed by atoms with Crippen molar-refractivity contribution in [3.05, 3.63) is 18.0 Å². The fraction of sp³-hybridized carbons (Fsp3) is 0.727. The zero-order valence-corrected chi connectivity index (χ0v) is 9.97. The molecule has 2 heterocycles. The van der Waals surface area contributed by atoms with E-state index in [0.29, 0.717) is 12.6 Å². The van der Waals surface area contributed by atoms with Gasteiger partial charge in [-0.15, -0.1) is 0 Å². The van der Waals surface area contributed by atoms with Crippen LogP contribution in [0.4, 0.5) is 0 Å². The molecule has 0 spiro atoms. The van der Waals surface area contributed by atoms with Gasteiger partial charge in [-0.2, -0.15) is 5.10 Å². The van der Waals surface area contributed by atoms with Crippen molar-refractivity contribution >= 4 is 0 Å². The second kappa shape index (κ2) is 4.95. The number of aryl methyl sites for hydroxylation is 1. The highest BCUT2D eigenvalue weighted by Gasteiger charge is 2.25. The van der Waals surface area contributed by atoms with Crippen LogP contribution in [-0.2, 0) is 11.8 Å². The molecule has 1 aliphatic heterocycles. The molecule has 1 aliphatic rings. The van der Waals surface area contributed by atoms with Crippen LogP contribution in [0.25, 0.3) is 0 Å². The van der Waals surface area contributed by atoms with Gasteiger partial charge in [0.2, 0.25) is 0 Å². The molecular weight excluding hydrogens is 204 g/mol. The molecule has 16 heavy (non-hydrogen) atoms. The largest absolute Gasteiger partial charge is 0.374 e. The predicted octanol–water partition coefficient (Wildman–Crippen LogP) is 0.141. The van der Waals surface area contributed by atoms with E-state index in [1.54, 1.807) is 0 Å². The van der Waals surface area contributed by atoms with Crippen molar-refractivity contribution in [2.75, 3.05) is 26.2 Å². The lowest BCUT2D eigenvalue weighted by Gasteiger charge is -2.36. The van der Waals surface area contributed by atoms with Gasteiger partial charge in [-0.25, -0.2) is 0 Å². The Balaban J connectivity index is 2.04. The lowest BCUT2D eigenvalue weighted by atomic mass is 10.1. The summed E-state index contributed by atoms with van der Waals surface area (Å²) in [6.45, 7) is 5.43. The molecule has 0 amide bonds. The predicted molar refractivity (Wildman–Crippen MR) is 62.0 cm³/mol. The Kier molecular flexibility index (Phi) is 3.58. The van der Waals surface area contributed by atoms with Crippen LogP contribution in [0.2, 0.25) is 0 Å². The van der Waals surface area contributed by atoms with E-state index in [-0.39, 0.29) is 6.10 Å². The van der Waals surface area contributed by atoms with Crippen molar-refractivity contribution in [2.24, 2.45) is 12.8 Å². The highest BCUT2D eigenvalue weighted by Crippen LogP contribution is 2.21. The van der Waals surface area contributed by atoms with Gasteiger partial charge in [-0.05, 0) is 13.0 Å². The summed E-state index contributed by atoms with van der Waals surface area (Å²) < 4.78 is 7.49. The Morgan fingerprint density at radius 2 is 2.50 bits per heavy atom. The molecule has 2 unspecified atom stereocenters. The molecule has 0 radical (unpaired) electrons. The third-order valence-corrected chi connectivity index (χ3v) is 3.27. The van der Waals surface area contributed by atoms with Crippen molar-refractivity contribution in [3.8, 4) is 0 Å². The summed E-state index contributed by atoms with van der Waals surface area (Å²) in [4.78, 5) is 2.40. The second-order valence-electron chi connectivity index (χ2n) is 4.28. The van der Waals surface area contributed by atoms with Gasteiger partial charge < -0.3 is 10.5 Å². The van der Waals surface area contributed by atoms with Crippen LogP contribution in [-0.4, -0.2) is 47.0 Å². The zero-order chi connectivity index (χ0) is 11.5. The highest BCUT2D eigenvalue weighted by atomic mass is 16.5. The number of nitrogens with zero attached hydrogens (tertiary/aromatic N) is 3. The van der Waals surface area contributed by atoms with Gasteiger partial charge in [-0.3, -0.25) is 9.58 Å². The van der Waals surface area contributed by atoms with Crippen LogP contribution in [0.15, 0.2) is 12.3 Å². The van der Waals surface area contributed by atoms with E-state index in [4.69, 9.17) is 10.5 Å². The topological polar surface area (TPSA) is 56.3 Å². The number of ether oxygens (including phenoxy) is 1. The molecular formula is C11H20N4O. The third-order valence-electron chi connectivity index (χ3n) is 3.27. The smallest absolute Gasteiger partial charge is 0.0824 e. The normalized spacial score (nSPS) is 24.6. The summed E-state index contributed by atoms with van der Waals surface area (Å²) in [5.74, 6) is 0. The van der Waals surface area contributed by atoms with E-state index in [1.165, 1.54) is 5.69 Å². The van der Waals surface area contributed by atoms with E-state index in [9.17, 15) is 0 Å². The van der Waals surface area contributed by atoms with Crippen molar-refractivity contribution in [1.82, 2.24) is 14.7 Å². The van der Waals surface area contributed by atoms with E-state index in [0.717, 1.165) is 19.7 Å². The molecule has 90 valence electrons. The summed E-state index contributed by atoms with van der Waals surface area (Å²) in [5.41, 5.74) is 6.88. The van der Waals surface area contributed by atoms with Crippen LogP contribution >= 0.6 is 0 Å². The first-order valence-electron chi connectivity index (χ1n) is 5.76. The summed E-state index contributed by atoms with van der Waals surface area (Å²) in [6, 6.07) is 2.43. The van der Waals surface area contributed by atoms with Crippen LogP contribution in [0.3, 0.4) is 0 Å². The average molecular weight is 224 g/mol. The van der Waals surface area contributed by atoms with Crippen LogP contribution < -0.4 is 5.73 Å². The molecule has 0 bridgehead atoms. The second-order valence-corrected chi connectivity index (χ2v) is 4.28. The van der Waals surface area contributed by atoms with Gasteiger partial charge in [0.15, 0.2) is 0 Å². The third kappa shape index (κ3) is 2.26. The molecule has 2 rings (SSSR count). The molecule has 0 aliphatic carbocycles. The van der Waals surface area contributed by atoms with Crippen molar-refractivity contribution < 1.29 is 4.74 Å². The quantitative estimate of drug-likeness (QED) is 0.793. The average Bonchev–Trinajstić information content (AvgIpc) is 2.74. The number of morpholine rings is 1. The molecule has 5 nitrogen and oxygen atoms in total. The van der Waals surface area contributed by atoms with Gasteiger partial charge in [-0.1, -0.05) is 0 Å². The van der Waals surface area contributed by atoms with Crippen LogP contribution in [0.5, 0.6) is 0 Å². The fourth-order valence-corrected chi connectivity index (χ4v) is 2.22. The molecule has 1 aromatic heterocycles. The first-order valence-corrected chi connectivity index (χ1v) is 5.76. The lowest BCUT2D eigenvalue weighted by molar-refractivity contribution is -0.0374. The summed E-state index contributed by atoms with van der Waals surface area (Å²) in [6.07, 6.45) is 2.01. The van der Waals surface area contributed by atoms with E-state index < -0.39 is 0 Å². The maximum absolute atomic E-state index is 5.64. The Bertz CT molecular complexity index is 338. The maximum atomic E-state index is 5.64. The molecule has 0 aromatic carbocycles. The van der Waals surface area contributed by atoms with E-state index in [1.807, 2.05) is 17.9 Å². The van der Waals surface area contributed by atoms with Gasteiger partial charge in [0.25, 0.3) is 0 Å². The standard InChI is InChI=1S/C11H20N4O/c1-9(11-3-4-13-14(11)2)15-5-6-16-10(7-12)8-15/h3-4,9-10H,5-8,12H2,1-2H3.